The summed E-state index contributed by atoms with van der Waals surface area (Å²) in [7, 11) is 0. The van der Waals surface area contributed by atoms with Crippen LogP contribution in [0.5, 0.6) is 0 Å². The van der Waals surface area contributed by atoms with Crippen LogP contribution in [0.2, 0.25) is 0 Å². The highest BCUT2D eigenvalue weighted by Crippen LogP contribution is 2.10. The fourth-order valence-electron chi connectivity index (χ4n) is 1.85. The summed E-state index contributed by atoms with van der Waals surface area (Å²) >= 11 is 5.83. The zero-order valence-electron chi connectivity index (χ0n) is 12.6. The topological polar surface area (TPSA) is 86.1 Å². The first-order valence-corrected chi connectivity index (χ1v) is 7.55. The third-order valence-corrected chi connectivity index (χ3v) is 3.33. The van der Waals surface area contributed by atoms with E-state index >= 15 is 0 Å². The lowest BCUT2D eigenvalue weighted by atomic mass is 10.2. The molecule has 0 aliphatic rings. The zero-order chi connectivity index (χ0) is 15.8. The van der Waals surface area contributed by atoms with E-state index in [1.807, 2.05) is 13.8 Å². The van der Waals surface area contributed by atoms with Gasteiger partial charge in [0.2, 0.25) is 5.91 Å². The molecule has 118 valence electrons. The van der Waals surface area contributed by atoms with Gasteiger partial charge in [0, 0.05) is 6.04 Å². The van der Waals surface area contributed by atoms with Gasteiger partial charge in [0.1, 0.15) is 6.54 Å². The third kappa shape index (κ3) is 4.70. The van der Waals surface area contributed by atoms with E-state index in [-0.39, 0.29) is 36.7 Å². The molecule has 1 heterocycles. The van der Waals surface area contributed by atoms with Crippen molar-refractivity contribution in [2.24, 2.45) is 0 Å². The Hall–Kier alpha value is -1.63. The minimum Gasteiger partial charge on any atom is -0.461 e. The maximum atomic E-state index is 12.0. The number of hydrogen-bond acceptors (Lipinski definition) is 5. The normalized spacial score (nSPS) is 10.7. The van der Waals surface area contributed by atoms with Crippen molar-refractivity contribution in [2.75, 3.05) is 6.61 Å². The maximum absolute atomic E-state index is 12.0. The lowest BCUT2D eigenvalue weighted by Crippen LogP contribution is -2.36. The lowest BCUT2D eigenvalue weighted by molar-refractivity contribution is -0.122. The van der Waals surface area contributed by atoms with E-state index in [1.54, 1.807) is 6.92 Å². The number of nitrogens with one attached hydrogen (secondary N) is 1. The van der Waals surface area contributed by atoms with Gasteiger partial charge in [-0.1, -0.05) is 19.1 Å². The molecule has 21 heavy (non-hydrogen) atoms. The summed E-state index contributed by atoms with van der Waals surface area (Å²) in [4.78, 5) is 23.7. The van der Waals surface area contributed by atoms with Gasteiger partial charge in [0.05, 0.1) is 18.2 Å². The molecule has 0 unspecified atom stereocenters. The summed E-state index contributed by atoms with van der Waals surface area (Å²) in [5.41, 5.74) is 0.442. The molecule has 0 bridgehead atoms. The highest BCUT2D eigenvalue weighted by molar-refractivity contribution is 6.17. The first-order valence-electron chi connectivity index (χ1n) is 7.02. The average Bonchev–Trinajstić information content (AvgIpc) is 2.87. The second kappa shape index (κ2) is 8.61. The zero-order valence-corrected chi connectivity index (χ0v) is 13.3. The van der Waals surface area contributed by atoms with Gasteiger partial charge in [-0.05, 0) is 19.8 Å². The van der Waals surface area contributed by atoms with Crippen molar-refractivity contribution in [1.29, 1.82) is 0 Å². The summed E-state index contributed by atoms with van der Waals surface area (Å²) in [6.07, 6.45) is 1.71. The smallest absolute Gasteiger partial charge is 0.360 e. The minimum atomic E-state index is -0.584. The number of esters is 1. The Balaban J connectivity index is 2.80. The molecular weight excluding hydrogens is 296 g/mol. The van der Waals surface area contributed by atoms with E-state index in [0.29, 0.717) is 5.69 Å². The molecule has 0 aliphatic carbocycles. The van der Waals surface area contributed by atoms with Crippen molar-refractivity contribution in [3.63, 3.8) is 0 Å². The fourth-order valence-corrected chi connectivity index (χ4v) is 2.12. The molecule has 1 N–H and O–H groups in total. The second-order valence-electron chi connectivity index (χ2n) is 4.48. The molecule has 0 aliphatic heterocycles. The molecule has 1 aromatic heterocycles. The maximum Gasteiger partial charge on any atom is 0.360 e. The third-order valence-electron chi connectivity index (χ3n) is 3.08. The van der Waals surface area contributed by atoms with Crippen molar-refractivity contribution >= 4 is 23.5 Å². The Morgan fingerprint density at radius 2 is 2.00 bits per heavy atom. The SMILES string of the molecule is CCOC(=O)c1nnn(CC(=O)NC(CC)CC)c1CCl. The summed E-state index contributed by atoms with van der Waals surface area (Å²) in [6.45, 7) is 5.93. The lowest BCUT2D eigenvalue weighted by Gasteiger charge is -2.14. The van der Waals surface area contributed by atoms with Crippen LogP contribution < -0.4 is 5.32 Å². The van der Waals surface area contributed by atoms with E-state index in [9.17, 15) is 9.59 Å². The fraction of sp³-hybridized carbons (Fsp3) is 0.692. The summed E-state index contributed by atoms with van der Waals surface area (Å²) in [6, 6.07) is 0.130. The van der Waals surface area contributed by atoms with Crippen molar-refractivity contribution < 1.29 is 14.3 Å². The molecule has 0 aromatic carbocycles. The van der Waals surface area contributed by atoms with Gasteiger partial charge in [-0.25, -0.2) is 9.48 Å². The molecular formula is C13H21ClN4O3. The van der Waals surface area contributed by atoms with Crippen LogP contribution in [-0.2, 0) is 22.0 Å². The van der Waals surface area contributed by atoms with E-state index in [4.69, 9.17) is 16.3 Å². The Morgan fingerprint density at radius 1 is 1.33 bits per heavy atom. The van der Waals surface area contributed by atoms with Crippen molar-refractivity contribution in [3.05, 3.63) is 11.4 Å². The first-order chi connectivity index (χ1) is 10.1. The highest BCUT2D eigenvalue weighted by Gasteiger charge is 2.21. The average molecular weight is 317 g/mol. The van der Waals surface area contributed by atoms with Gasteiger partial charge >= 0.3 is 5.97 Å². The molecule has 1 amide bonds. The number of rotatable bonds is 8. The second-order valence-corrected chi connectivity index (χ2v) is 4.74. The number of aromatic nitrogens is 3. The number of nitrogens with zero attached hydrogens (tertiary/aromatic N) is 3. The molecule has 0 radical (unpaired) electrons. The van der Waals surface area contributed by atoms with Crippen LogP contribution in [0.25, 0.3) is 0 Å². The number of alkyl halides is 1. The molecule has 0 spiro atoms. The predicted molar refractivity (Wildman–Crippen MR) is 78.0 cm³/mol. The van der Waals surface area contributed by atoms with Gasteiger partial charge in [0.25, 0.3) is 0 Å². The predicted octanol–water partition coefficient (Wildman–Crippen LogP) is 1.50. The van der Waals surface area contributed by atoms with E-state index in [0.717, 1.165) is 12.8 Å². The standard InChI is InChI=1S/C13H21ClN4O3/c1-4-9(5-2)15-11(19)8-18-10(7-14)12(16-17-18)13(20)21-6-3/h9H,4-8H2,1-3H3,(H,15,19). The van der Waals surface area contributed by atoms with Crippen molar-refractivity contribution in [3.8, 4) is 0 Å². The van der Waals surface area contributed by atoms with Crippen LogP contribution in [0.4, 0.5) is 0 Å². The van der Waals surface area contributed by atoms with Crippen LogP contribution in [0.1, 0.15) is 49.8 Å². The van der Waals surface area contributed by atoms with Gasteiger partial charge in [0.15, 0.2) is 5.69 Å². The van der Waals surface area contributed by atoms with Gasteiger partial charge in [-0.15, -0.1) is 16.7 Å². The highest BCUT2D eigenvalue weighted by atomic mass is 35.5. The van der Waals surface area contributed by atoms with E-state index in [2.05, 4.69) is 15.6 Å². The molecule has 0 saturated carbocycles. The van der Waals surface area contributed by atoms with Crippen molar-refractivity contribution in [1.82, 2.24) is 20.3 Å². The monoisotopic (exact) mass is 316 g/mol. The molecule has 0 fully saturated rings. The molecule has 0 atom stereocenters. The minimum absolute atomic E-state index is 0.0229. The molecule has 8 heteroatoms. The van der Waals surface area contributed by atoms with Crippen LogP contribution in [0.3, 0.4) is 0 Å². The van der Waals surface area contributed by atoms with E-state index in [1.165, 1.54) is 4.68 Å². The van der Waals surface area contributed by atoms with Crippen LogP contribution in [0.15, 0.2) is 0 Å². The Labute approximate surface area is 129 Å². The van der Waals surface area contributed by atoms with Gasteiger partial charge in [-0.3, -0.25) is 4.79 Å². The number of ether oxygens (including phenoxy) is 1. The largest absolute Gasteiger partial charge is 0.461 e. The van der Waals surface area contributed by atoms with E-state index < -0.39 is 5.97 Å². The van der Waals surface area contributed by atoms with Crippen LogP contribution in [0, 0.1) is 0 Å². The number of halogens is 1. The Kier molecular flexibility index (Phi) is 7.14. The molecule has 7 nitrogen and oxygen atoms in total. The Morgan fingerprint density at radius 3 is 2.52 bits per heavy atom. The van der Waals surface area contributed by atoms with Gasteiger partial charge in [-0.2, -0.15) is 0 Å². The number of amides is 1. The summed E-state index contributed by atoms with van der Waals surface area (Å²) < 4.78 is 6.20. The summed E-state index contributed by atoms with van der Waals surface area (Å²) in [5.74, 6) is -0.741. The molecule has 0 saturated heterocycles. The number of carbonyl (C=O) groups is 2. The Bertz CT molecular complexity index is 486. The first kappa shape index (κ1) is 17.4. The van der Waals surface area contributed by atoms with Crippen molar-refractivity contribution in [2.45, 2.75) is 52.1 Å². The summed E-state index contributed by atoms with van der Waals surface area (Å²) in [5, 5.41) is 10.5. The molecule has 1 aromatic rings. The van der Waals surface area contributed by atoms with Gasteiger partial charge < -0.3 is 10.1 Å². The molecule has 1 rings (SSSR count). The number of hydrogen-bond donors (Lipinski definition) is 1. The van der Waals surface area contributed by atoms with Crippen LogP contribution >= 0.6 is 11.6 Å². The quantitative estimate of drug-likeness (QED) is 0.580. The van der Waals surface area contributed by atoms with Crippen LogP contribution in [-0.4, -0.2) is 39.5 Å². The number of carbonyl (C=O) groups excluding carboxylic acids is 2.